The van der Waals surface area contributed by atoms with Gasteiger partial charge >= 0.3 is 6.09 Å². The van der Waals surface area contributed by atoms with Gasteiger partial charge in [0.2, 0.25) is 0 Å². The molecule has 2 amide bonds. The summed E-state index contributed by atoms with van der Waals surface area (Å²) in [4.78, 5) is 24.6. The molecule has 0 aliphatic carbocycles. The molecule has 0 saturated carbocycles. The minimum absolute atomic E-state index is 0.0105. The Morgan fingerprint density at radius 1 is 1.00 bits per heavy atom. The van der Waals surface area contributed by atoms with Crippen LogP contribution in [0.5, 0.6) is 0 Å². The number of amides is 2. The molecule has 0 radical (unpaired) electrons. The van der Waals surface area contributed by atoms with Crippen LogP contribution < -0.4 is 10.6 Å². The molecule has 7 nitrogen and oxygen atoms in total. The molecule has 150 valence electrons. The molecule has 0 saturated heterocycles. The molecule has 3 aromatic rings. The van der Waals surface area contributed by atoms with E-state index in [-0.39, 0.29) is 17.1 Å². The van der Waals surface area contributed by atoms with Crippen LogP contribution in [0.2, 0.25) is 0 Å². The lowest BCUT2D eigenvalue weighted by Crippen LogP contribution is -2.27. The molecule has 0 aliphatic heterocycles. The Labute approximate surface area is 166 Å². The summed E-state index contributed by atoms with van der Waals surface area (Å²) in [5.41, 5.74) is 0.307. The van der Waals surface area contributed by atoms with E-state index in [9.17, 15) is 14.0 Å². The van der Waals surface area contributed by atoms with Gasteiger partial charge in [-0.1, -0.05) is 35.5 Å². The van der Waals surface area contributed by atoms with Crippen molar-refractivity contribution in [3.63, 3.8) is 0 Å². The highest BCUT2D eigenvalue weighted by Crippen LogP contribution is 2.25. The van der Waals surface area contributed by atoms with Gasteiger partial charge in [-0.2, -0.15) is 0 Å². The number of halogens is 1. The van der Waals surface area contributed by atoms with Gasteiger partial charge in [-0.3, -0.25) is 10.1 Å². The number of carbonyl (C=O) groups excluding carboxylic acids is 2. The highest BCUT2D eigenvalue weighted by molar-refractivity contribution is 6.06. The minimum Gasteiger partial charge on any atom is -0.444 e. The van der Waals surface area contributed by atoms with Crippen molar-refractivity contribution in [2.24, 2.45) is 0 Å². The predicted molar refractivity (Wildman–Crippen MR) is 106 cm³/mol. The lowest BCUT2D eigenvalue weighted by molar-refractivity contribution is 0.0635. The maximum atomic E-state index is 13.7. The van der Waals surface area contributed by atoms with E-state index in [0.717, 1.165) is 17.7 Å². The molecule has 0 aliphatic rings. The normalized spacial score (nSPS) is 11.0. The topological polar surface area (TPSA) is 93.5 Å². The van der Waals surface area contributed by atoms with E-state index in [1.165, 1.54) is 12.1 Å². The first-order valence-corrected chi connectivity index (χ1v) is 8.84. The number of nitrogens with one attached hydrogen (secondary N) is 2. The first-order chi connectivity index (χ1) is 13.7. The van der Waals surface area contributed by atoms with Crippen LogP contribution in [0.25, 0.3) is 11.3 Å². The van der Waals surface area contributed by atoms with E-state index in [2.05, 4.69) is 15.8 Å². The summed E-state index contributed by atoms with van der Waals surface area (Å²) in [5.74, 6) is -0.781. The van der Waals surface area contributed by atoms with Crippen molar-refractivity contribution >= 4 is 23.4 Å². The van der Waals surface area contributed by atoms with Crippen molar-refractivity contribution in [1.82, 2.24) is 5.16 Å². The zero-order valence-corrected chi connectivity index (χ0v) is 16.2. The Hall–Kier alpha value is -3.68. The molecular formula is C21H20FN3O4. The third kappa shape index (κ3) is 5.41. The maximum Gasteiger partial charge on any atom is 0.412 e. The van der Waals surface area contributed by atoms with E-state index >= 15 is 0 Å². The first kappa shape index (κ1) is 20.1. The van der Waals surface area contributed by atoms with Crippen LogP contribution in [0.3, 0.4) is 0 Å². The lowest BCUT2D eigenvalue weighted by Gasteiger charge is -2.20. The van der Waals surface area contributed by atoms with Crippen molar-refractivity contribution in [1.29, 1.82) is 0 Å². The molecule has 8 heteroatoms. The van der Waals surface area contributed by atoms with Crippen LogP contribution in [0.4, 0.5) is 20.6 Å². The second-order valence-electron chi connectivity index (χ2n) is 7.21. The van der Waals surface area contributed by atoms with Gasteiger partial charge in [-0.05, 0) is 39.0 Å². The monoisotopic (exact) mass is 397 g/mol. The van der Waals surface area contributed by atoms with E-state index in [4.69, 9.17) is 9.26 Å². The van der Waals surface area contributed by atoms with E-state index in [1.807, 2.05) is 30.3 Å². The minimum atomic E-state index is -0.729. The van der Waals surface area contributed by atoms with Crippen molar-refractivity contribution in [3.8, 4) is 11.3 Å². The quantitative estimate of drug-likeness (QED) is 0.640. The Bertz CT molecular complexity index is 1030. The van der Waals surface area contributed by atoms with E-state index in [1.54, 1.807) is 20.8 Å². The van der Waals surface area contributed by atoms with Gasteiger partial charge in [0, 0.05) is 11.6 Å². The average Bonchev–Trinajstić information content (AvgIpc) is 3.13. The fourth-order valence-corrected chi connectivity index (χ4v) is 2.45. The van der Waals surface area contributed by atoms with E-state index < -0.39 is 23.4 Å². The Balaban J connectivity index is 1.77. The maximum absolute atomic E-state index is 13.7. The highest BCUT2D eigenvalue weighted by Gasteiger charge is 2.19. The Kier molecular flexibility index (Phi) is 5.63. The van der Waals surface area contributed by atoms with Gasteiger partial charge in [0.1, 0.15) is 11.4 Å². The summed E-state index contributed by atoms with van der Waals surface area (Å²) in [5, 5.41) is 8.78. The summed E-state index contributed by atoms with van der Waals surface area (Å²) in [6.07, 6.45) is -0.729. The molecule has 0 unspecified atom stereocenters. The average molecular weight is 397 g/mol. The smallest absolute Gasteiger partial charge is 0.412 e. The number of carbonyl (C=O) groups is 2. The van der Waals surface area contributed by atoms with Crippen LogP contribution in [0.15, 0.2) is 59.1 Å². The predicted octanol–water partition coefficient (Wildman–Crippen LogP) is 5.08. The third-order valence-electron chi connectivity index (χ3n) is 3.67. The van der Waals surface area contributed by atoms with Crippen LogP contribution >= 0.6 is 0 Å². The molecular weight excluding hydrogens is 377 g/mol. The van der Waals surface area contributed by atoms with Gasteiger partial charge in [-0.15, -0.1) is 0 Å². The van der Waals surface area contributed by atoms with Crippen LogP contribution in [0, 0.1) is 5.82 Å². The molecule has 0 atom stereocenters. The van der Waals surface area contributed by atoms with Gasteiger partial charge in [-0.25, -0.2) is 9.18 Å². The zero-order chi connectivity index (χ0) is 21.0. The molecule has 2 N–H and O–H groups in total. The Morgan fingerprint density at radius 2 is 1.72 bits per heavy atom. The molecule has 1 heterocycles. The molecule has 0 bridgehead atoms. The number of benzene rings is 2. The van der Waals surface area contributed by atoms with Crippen molar-refractivity contribution < 1.29 is 23.2 Å². The highest BCUT2D eigenvalue weighted by atomic mass is 19.1. The number of anilines is 2. The van der Waals surface area contributed by atoms with Crippen molar-refractivity contribution in [2.45, 2.75) is 26.4 Å². The van der Waals surface area contributed by atoms with Crippen molar-refractivity contribution in [2.75, 3.05) is 10.6 Å². The summed E-state index contributed by atoms with van der Waals surface area (Å²) in [6.45, 7) is 5.15. The number of hydrogen-bond donors (Lipinski definition) is 2. The lowest BCUT2D eigenvalue weighted by atomic mass is 10.1. The van der Waals surface area contributed by atoms with Crippen LogP contribution in [0.1, 0.15) is 31.3 Å². The number of nitrogens with zero attached hydrogens (tertiary/aromatic N) is 1. The summed E-state index contributed by atoms with van der Waals surface area (Å²) in [6, 6.07) is 14.2. The summed E-state index contributed by atoms with van der Waals surface area (Å²) >= 11 is 0. The van der Waals surface area contributed by atoms with E-state index in [0.29, 0.717) is 5.76 Å². The summed E-state index contributed by atoms with van der Waals surface area (Å²) < 4.78 is 24.1. The van der Waals surface area contributed by atoms with Gasteiger partial charge in [0.15, 0.2) is 11.5 Å². The molecule has 2 aromatic carbocycles. The Morgan fingerprint density at radius 3 is 2.41 bits per heavy atom. The summed E-state index contributed by atoms with van der Waals surface area (Å²) in [7, 11) is 0. The number of hydrogen-bond acceptors (Lipinski definition) is 5. The zero-order valence-electron chi connectivity index (χ0n) is 16.2. The van der Waals surface area contributed by atoms with Gasteiger partial charge in [0.25, 0.3) is 5.91 Å². The molecule has 1 aromatic heterocycles. The number of aromatic nitrogens is 1. The third-order valence-corrected chi connectivity index (χ3v) is 3.67. The second kappa shape index (κ2) is 8.14. The number of ether oxygens (including phenoxy) is 1. The fraction of sp³-hybridized carbons (Fsp3) is 0.190. The molecule has 29 heavy (non-hydrogen) atoms. The second-order valence-corrected chi connectivity index (χ2v) is 7.21. The molecule has 0 spiro atoms. The fourth-order valence-electron chi connectivity index (χ4n) is 2.45. The number of rotatable bonds is 4. The van der Waals surface area contributed by atoms with Gasteiger partial charge < -0.3 is 14.6 Å². The van der Waals surface area contributed by atoms with Crippen molar-refractivity contribution in [3.05, 3.63) is 66.1 Å². The van der Waals surface area contributed by atoms with Crippen LogP contribution in [-0.2, 0) is 4.74 Å². The first-order valence-electron chi connectivity index (χ1n) is 8.84. The SMILES string of the molecule is CC(C)(C)OC(=O)Nc1ccc(F)cc1NC(=O)c1cc(-c2ccccc2)on1. The molecule has 0 fully saturated rings. The largest absolute Gasteiger partial charge is 0.444 e. The standard InChI is InChI=1S/C21H20FN3O4/c1-21(2,3)28-20(27)24-15-10-9-14(22)11-16(15)23-19(26)17-12-18(29-25-17)13-7-5-4-6-8-13/h4-12H,1-3H3,(H,23,26)(H,24,27). The van der Waals surface area contributed by atoms with Gasteiger partial charge in [0.05, 0.1) is 11.4 Å². The molecule has 3 rings (SSSR count). The van der Waals surface area contributed by atoms with Crippen LogP contribution in [-0.4, -0.2) is 22.8 Å².